The van der Waals surface area contributed by atoms with E-state index in [-0.39, 0.29) is 29.7 Å². The number of carbonyl (C=O) groups is 2. The Morgan fingerprint density at radius 2 is 2.23 bits per heavy atom. The van der Waals surface area contributed by atoms with Crippen LogP contribution in [0, 0.1) is 0 Å². The van der Waals surface area contributed by atoms with Gasteiger partial charge in [0.1, 0.15) is 17.2 Å². The van der Waals surface area contributed by atoms with E-state index in [1.165, 1.54) is 30.0 Å². The molecule has 0 aromatic heterocycles. The van der Waals surface area contributed by atoms with Crippen molar-refractivity contribution in [3.8, 4) is 5.75 Å². The molecule has 0 spiro atoms. The Kier molecular flexibility index (Phi) is 5.45. The molecule has 0 saturated carbocycles. The van der Waals surface area contributed by atoms with Crippen molar-refractivity contribution in [1.82, 2.24) is 4.90 Å². The highest BCUT2D eigenvalue weighted by molar-refractivity contribution is 8.01. The Morgan fingerprint density at radius 1 is 1.50 bits per heavy atom. The molecule has 140 valence electrons. The van der Waals surface area contributed by atoms with E-state index in [0.29, 0.717) is 5.56 Å². The number of β-lactam (4-membered cyclic amide) rings is 1. The number of hydrogen-bond donors (Lipinski definition) is 1. The predicted molar refractivity (Wildman–Crippen MR) is 98.6 cm³/mol. The van der Waals surface area contributed by atoms with Crippen LogP contribution in [0.3, 0.4) is 0 Å². The lowest BCUT2D eigenvalue weighted by molar-refractivity contribution is -0.169. The van der Waals surface area contributed by atoms with E-state index < -0.39 is 22.8 Å². The minimum absolute atomic E-state index is 0.0885. The van der Waals surface area contributed by atoms with Crippen LogP contribution in [0.25, 0.3) is 0 Å². The number of benzene rings is 1. The maximum atomic E-state index is 12.6. The van der Waals surface area contributed by atoms with Gasteiger partial charge in [0, 0.05) is 24.8 Å². The second kappa shape index (κ2) is 7.46. The number of amides is 1. The molecular weight excluding hydrogens is 380 g/mol. The van der Waals surface area contributed by atoms with Crippen LogP contribution in [-0.2, 0) is 19.1 Å². The van der Waals surface area contributed by atoms with E-state index in [2.05, 4.69) is 4.99 Å². The second-order valence-electron chi connectivity index (χ2n) is 6.25. The molecule has 4 atom stereocenters. The van der Waals surface area contributed by atoms with Gasteiger partial charge in [-0.3, -0.25) is 9.79 Å². The molecular formula is C17H19ClN2O5S. The van der Waals surface area contributed by atoms with Crippen LogP contribution in [0.2, 0.25) is 0 Å². The minimum Gasteiger partial charge on any atom is -0.507 e. The summed E-state index contributed by atoms with van der Waals surface area (Å²) >= 11 is 7.54. The Bertz CT molecular complexity index is 746. The standard InChI is InChI=1S/C17H19ClN2O5S/c1-17(8-18)13(16(23)25-9-24-2)20-14(22)12(15(20)26-17)19-7-10-5-3-4-6-11(10)21/h3-7,12-13,15,21H,8-9H2,1-2H3/t12-,13+,15+,17?/m1/s1. The fraction of sp³-hybridized carbons (Fsp3) is 0.471. The molecule has 0 aliphatic carbocycles. The first-order valence-electron chi connectivity index (χ1n) is 7.95. The first kappa shape index (κ1) is 19.0. The van der Waals surface area contributed by atoms with Gasteiger partial charge in [-0.15, -0.1) is 23.4 Å². The van der Waals surface area contributed by atoms with Gasteiger partial charge in [0.2, 0.25) is 0 Å². The van der Waals surface area contributed by atoms with Gasteiger partial charge in [0.15, 0.2) is 12.8 Å². The first-order chi connectivity index (χ1) is 12.4. The number of fused-ring (bicyclic) bond motifs is 1. The molecule has 3 rings (SSSR count). The van der Waals surface area contributed by atoms with Gasteiger partial charge >= 0.3 is 5.97 Å². The van der Waals surface area contributed by atoms with Crippen molar-refractivity contribution in [1.29, 1.82) is 0 Å². The Labute approximate surface area is 160 Å². The summed E-state index contributed by atoms with van der Waals surface area (Å²) in [6.07, 6.45) is 1.48. The monoisotopic (exact) mass is 398 g/mol. The maximum Gasteiger partial charge on any atom is 0.332 e. The number of rotatable bonds is 6. The van der Waals surface area contributed by atoms with Crippen LogP contribution >= 0.6 is 23.4 Å². The smallest absolute Gasteiger partial charge is 0.332 e. The summed E-state index contributed by atoms with van der Waals surface area (Å²) in [5.41, 5.74) is 0.526. The fourth-order valence-corrected chi connectivity index (χ4v) is 5.00. The molecule has 1 unspecified atom stereocenters. The van der Waals surface area contributed by atoms with Crippen LogP contribution in [0.15, 0.2) is 29.3 Å². The number of esters is 1. The quantitative estimate of drug-likeness (QED) is 0.257. The Hall–Kier alpha value is -1.77. The number of phenolic OH excluding ortho intramolecular Hbond substituents is 1. The van der Waals surface area contributed by atoms with E-state index in [0.717, 1.165) is 0 Å². The van der Waals surface area contributed by atoms with Crippen molar-refractivity contribution >= 4 is 41.5 Å². The summed E-state index contributed by atoms with van der Waals surface area (Å²) < 4.78 is 9.15. The first-order valence-corrected chi connectivity index (χ1v) is 9.37. The summed E-state index contributed by atoms with van der Waals surface area (Å²) in [5.74, 6) is -0.532. The molecule has 2 aliphatic heterocycles. The topological polar surface area (TPSA) is 88.4 Å². The summed E-state index contributed by atoms with van der Waals surface area (Å²) in [5, 5.41) is 9.51. The van der Waals surface area contributed by atoms with Crippen LogP contribution in [0.4, 0.5) is 0 Å². The zero-order chi connectivity index (χ0) is 18.9. The average Bonchev–Trinajstić information content (AvgIpc) is 2.91. The maximum absolute atomic E-state index is 12.6. The molecule has 1 N–H and O–H groups in total. The molecule has 1 aromatic carbocycles. The van der Waals surface area contributed by atoms with Crippen molar-refractivity contribution in [2.45, 2.75) is 29.1 Å². The molecule has 7 nitrogen and oxygen atoms in total. The summed E-state index contributed by atoms with van der Waals surface area (Å²) in [4.78, 5) is 30.8. The number of thioether (sulfide) groups is 1. The third-order valence-corrected chi connectivity index (χ3v) is 6.76. The van der Waals surface area contributed by atoms with Gasteiger partial charge in [-0.2, -0.15) is 0 Å². The highest BCUT2D eigenvalue weighted by atomic mass is 35.5. The third kappa shape index (κ3) is 3.17. The molecule has 0 radical (unpaired) electrons. The van der Waals surface area contributed by atoms with Gasteiger partial charge < -0.3 is 19.5 Å². The van der Waals surface area contributed by atoms with E-state index in [1.807, 2.05) is 6.92 Å². The van der Waals surface area contributed by atoms with Crippen molar-refractivity contribution in [2.75, 3.05) is 19.8 Å². The number of halogens is 1. The Balaban J connectivity index is 1.79. The molecule has 2 heterocycles. The molecule has 1 aromatic rings. The lowest BCUT2D eigenvalue weighted by Gasteiger charge is -2.41. The van der Waals surface area contributed by atoms with Crippen LogP contribution in [0.1, 0.15) is 12.5 Å². The number of para-hydroxylation sites is 1. The average molecular weight is 399 g/mol. The molecule has 9 heteroatoms. The molecule has 26 heavy (non-hydrogen) atoms. The zero-order valence-electron chi connectivity index (χ0n) is 14.3. The van der Waals surface area contributed by atoms with Crippen molar-refractivity contribution < 1.29 is 24.2 Å². The van der Waals surface area contributed by atoms with Gasteiger partial charge in [-0.25, -0.2) is 4.79 Å². The minimum atomic E-state index is -0.783. The summed E-state index contributed by atoms with van der Waals surface area (Å²) in [7, 11) is 1.42. The van der Waals surface area contributed by atoms with Gasteiger partial charge in [-0.1, -0.05) is 12.1 Å². The number of methoxy groups -OCH3 is 1. The summed E-state index contributed by atoms with van der Waals surface area (Å²) in [6.45, 7) is 1.65. The van der Waals surface area contributed by atoms with Crippen LogP contribution < -0.4 is 0 Å². The number of aromatic hydroxyl groups is 1. The molecule has 0 bridgehead atoms. The normalized spacial score (nSPS) is 30.3. The van der Waals surface area contributed by atoms with Crippen molar-refractivity contribution in [2.24, 2.45) is 4.99 Å². The SMILES string of the molecule is COCOC(=O)[C@@H]1N2C(=O)[C@@H](N=Cc3ccccc3O)[C@@H]2SC1(C)CCl. The van der Waals surface area contributed by atoms with Crippen LogP contribution in [-0.4, -0.2) is 70.1 Å². The Morgan fingerprint density at radius 3 is 2.88 bits per heavy atom. The highest BCUT2D eigenvalue weighted by Crippen LogP contribution is 2.52. The van der Waals surface area contributed by atoms with Crippen molar-refractivity contribution in [3.63, 3.8) is 0 Å². The number of nitrogens with zero attached hydrogens (tertiary/aromatic N) is 2. The number of hydrogen-bond acceptors (Lipinski definition) is 7. The van der Waals surface area contributed by atoms with E-state index in [4.69, 9.17) is 21.1 Å². The predicted octanol–water partition coefficient (Wildman–Crippen LogP) is 1.61. The third-order valence-electron chi connectivity index (χ3n) is 4.42. The number of carbonyl (C=O) groups excluding carboxylic acids is 2. The second-order valence-corrected chi connectivity index (χ2v) is 8.17. The molecule has 1 amide bonds. The number of alkyl halides is 1. The molecule has 2 fully saturated rings. The zero-order valence-corrected chi connectivity index (χ0v) is 15.9. The molecule has 2 saturated heterocycles. The van der Waals surface area contributed by atoms with E-state index >= 15 is 0 Å². The van der Waals surface area contributed by atoms with E-state index in [9.17, 15) is 14.7 Å². The van der Waals surface area contributed by atoms with Gasteiger partial charge in [-0.05, 0) is 19.1 Å². The summed E-state index contributed by atoms with van der Waals surface area (Å²) in [6, 6.07) is 5.32. The van der Waals surface area contributed by atoms with Gasteiger partial charge in [0.05, 0.1) is 4.75 Å². The molecule has 2 aliphatic rings. The number of ether oxygens (including phenoxy) is 2. The lowest BCUT2D eigenvalue weighted by Crippen LogP contribution is -2.65. The number of phenols is 1. The lowest BCUT2D eigenvalue weighted by atomic mass is 9.96. The fourth-order valence-electron chi connectivity index (χ4n) is 3.06. The van der Waals surface area contributed by atoms with Crippen molar-refractivity contribution in [3.05, 3.63) is 29.8 Å². The van der Waals surface area contributed by atoms with Gasteiger partial charge in [0.25, 0.3) is 5.91 Å². The number of aliphatic imine (C=N–C) groups is 1. The highest BCUT2D eigenvalue weighted by Gasteiger charge is 2.65. The van der Waals surface area contributed by atoms with Crippen LogP contribution in [0.5, 0.6) is 5.75 Å². The van der Waals surface area contributed by atoms with E-state index in [1.54, 1.807) is 24.3 Å². The largest absolute Gasteiger partial charge is 0.507 e.